The van der Waals surface area contributed by atoms with E-state index in [4.69, 9.17) is 4.74 Å². The molecule has 2 aromatic rings. The standard InChI is InChI=1S/C27H38FN3O5S/c1-7-23(26(33)29-27(2,3)4)30(19-20-14-16-21(36-5)17-15-20)25(32)13-10-18-31(37(6,34)35)24-12-9-8-11-22(24)28/h8-9,11-12,14-17,23H,7,10,13,18-19H2,1-6H3,(H,29,33)/t23-/m0/s1. The summed E-state index contributed by atoms with van der Waals surface area (Å²) in [4.78, 5) is 28.1. The Bertz CT molecular complexity index is 1160. The molecule has 0 radical (unpaired) electrons. The van der Waals surface area contributed by atoms with Crippen molar-refractivity contribution in [2.45, 2.75) is 65.1 Å². The number of anilines is 1. The van der Waals surface area contributed by atoms with Crippen molar-refractivity contribution in [3.05, 3.63) is 59.9 Å². The summed E-state index contributed by atoms with van der Waals surface area (Å²) in [6, 6.07) is 12.1. The lowest BCUT2D eigenvalue weighted by Gasteiger charge is -2.33. The summed E-state index contributed by atoms with van der Waals surface area (Å²) in [6.45, 7) is 7.57. The fourth-order valence-corrected chi connectivity index (χ4v) is 4.90. The molecule has 0 spiro atoms. The van der Waals surface area contributed by atoms with Gasteiger partial charge in [0.15, 0.2) is 0 Å². The molecule has 0 saturated heterocycles. The van der Waals surface area contributed by atoms with Gasteiger partial charge in [0.25, 0.3) is 0 Å². The molecule has 0 aliphatic rings. The number of nitrogens with one attached hydrogen (secondary N) is 1. The first-order chi connectivity index (χ1) is 17.3. The number of rotatable bonds is 12. The number of halogens is 1. The van der Waals surface area contributed by atoms with Crippen molar-refractivity contribution < 1.29 is 27.1 Å². The maximum atomic E-state index is 14.3. The molecule has 2 amide bonds. The van der Waals surface area contributed by atoms with Gasteiger partial charge in [-0.1, -0.05) is 31.2 Å². The summed E-state index contributed by atoms with van der Waals surface area (Å²) in [5, 5.41) is 2.95. The van der Waals surface area contributed by atoms with Gasteiger partial charge >= 0.3 is 0 Å². The summed E-state index contributed by atoms with van der Waals surface area (Å²) in [5.74, 6) is -0.548. The fourth-order valence-electron chi connectivity index (χ4n) is 3.94. The maximum absolute atomic E-state index is 14.3. The number of carbonyl (C=O) groups is 2. The lowest BCUT2D eigenvalue weighted by Crippen LogP contribution is -2.53. The first-order valence-corrected chi connectivity index (χ1v) is 14.1. The van der Waals surface area contributed by atoms with Gasteiger partial charge in [-0.3, -0.25) is 13.9 Å². The summed E-state index contributed by atoms with van der Waals surface area (Å²) >= 11 is 0. The van der Waals surface area contributed by atoms with E-state index >= 15 is 0 Å². The Labute approximate surface area is 219 Å². The molecule has 0 unspecified atom stereocenters. The number of ether oxygens (including phenoxy) is 1. The number of amides is 2. The molecule has 0 bridgehead atoms. The molecule has 2 aromatic carbocycles. The first kappa shape index (κ1) is 30.1. The highest BCUT2D eigenvalue weighted by molar-refractivity contribution is 7.92. The van der Waals surface area contributed by atoms with Gasteiger partial charge in [0.05, 0.1) is 19.1 Å². The van der Waals surface area contributed by atoms with Crippen molar-refractivity contribution in [1.82, 2.24) is 10.2 Å². The molecule has 204 valence electrons. The summed E-state index contributed by atoms with van der Waals surface area (Å²) < 4.78 is 45.2. The fraction of sp³-hybridized carbons (Fsp3) is 0.481. The molecular formula is C27H38FN3O5S. The molecule has 0 fully saturated rings. The highest BCUT2D eigenvalue weighted by Gasteiger charge is 2.31. The van der Waals surface area contributed by atoms with Gasteiger partial charge in [0.1, 0.15) is 17.6 Å². The number of hydrogen-bond donors (Lipinski definition) is 1. The Morgan fingerprint density at radius 3 is 2.22 bits per heavy atom. The van der Waals surface area contributed by atoms with Gasteiger partial charge in [-0.25, -0.2) is 12.8 Å². The second kappa shape index (κ2) is 12.9. The number of nitrogens with zero attached hydrogens (tertiary/aromatic N) is 2. The van der Waals surface area contributed by atoms with E-state index in [-0.39, 0.29) is 43.4 Å². The lowest BCUT2D eigenvalue weighted by molar-refractivity contribution is -0.142. The number of benzene rings is 2. The monoisotopic (exact) mass is 535 g/mol. The summed E-state index contributed by atoms with van der Waals surface area (Å²) in [6.07, 6.45) is 1.53. The third-order valence-electron chi connectivity index (χ3n) is 5.67. The highest BCUT2D eigenvalue weighted by atomic mass is 32.2. The van der Waals surface area contributed by atoms with Gasteiger partial charge in [0.2, 0.25) is 21.8 Å². The Kier molecular flexibility index (Phi) is 10.5. The SMILES string of the molecule is CC[C@@H](C(=O)NC(C)(C)C)N(Cc1ccc(OC)cc1)C(=O)CCCN(c1ccccc1F)S(C)(=O)=O. The number of para-hydroxylation sites is 1. The summed E-state index contributed by atoms with van der Waals surface area (Å²) in [5.41, 5.74) is 0.276. The van der Waals surface area contributed by atoms with E-state index in [2.05, 4.69) is 5.32 Å². The van der Waals surface area contributed by atoms with Crippen LogP contribution in [0.15, 0.2) is 48.5 Å². The van der Waals surface area contributed by atoms with Crippen LogP contribution in [-0.4, -0.2) is 56.6 Å². The van der Waals surface area contributed by atoms with Crippen LogP contribution in [0.2, 0.25) is 0 Å². The number of hydrogen-bond acceptors (Lipinski definition) is 5. The smallest absolute Gasteiger partial charge is 0.243 e. The lowest BCUT2D eigenvalue weighted by atomic mass is 10.0. The van der Waals surface area contributed by atoms with Gasteiger partial charge in [-0.05, 0) is 63.4 Å². The number of sulfonamides is 1. The van der Waals surface area contributed by atoms with E-state index in [1.807, 2.05) is 39.8 Å². The van der Waals surface area contributed by atoms with E-state index in [0.29, 0.717) is 12.2 Å². The minimum absolute atomic E-state index is 0.0179. The molecule has 0 saturated carbocycles. The van der Waals surface area contributed by atoms with Crippen LogP contribution in [0.4, 0.5) is 10.1 Å². The summed E-state index contributed by atoms with van der Waals surface area (Å²) in [7, 11) is -2.21. The van der Waals surface area contributed by atoms with E-state index < -0.39 is 27.4 Å². The van der Waals surface area contributed by atoms with E-state index in [0.717, 1.165) is 16.1 Å². The first-order valence-electron chi connectivity index (χ1n) is 12.2. The minimum Gasteiger partial charge on any atom is -0.497 e. The molecule has 1 atom stereocenters. The zero-order valence-electron chi connectivity index (χ0n) is 22.5. The third kappa shape index (κ3) is 9.03. The average Bonchev–Trinajstić information content (AvgIpc) is 2.80. The topological polar surface area (TPSA) is 96.0 Å². The Morgan fingerprint density at radius 1 is 1.08 bits per heavy atom. The van der Waals surface area contributed by atoms with E-state index in [1.165, 1.54) is 23.1 Å². The van der Waals surface area contributed by atoms with Crippen molar-refractivity contribution in [1.29, 1.82) is 0 Å². The maximum Gasteiger partial charge on any atom is 0.243 e. The predicted octanol–water partition coefficient (Wildman–Crippen LogP) is 4.10. The predicted molar refractivity (Wildman–Crippen MR) is 143 cm³/mol. The van der Waals surface area contributed by atoms with Crippen molar-refractivity contribution >= 4 is 27.5 Å². The van der Waals surface area contributed by atoms with E-state index in [1.54, 1.807) is 25.3 Å². The van der Waals surface area contributed by atoms with Crippen LogP contribution in [0.5, 0.6) is 5.75 Å². The van der Waals surface area contributed by atoms with Crippen LogP contribution in [-0.2, 0) is 26.2 Å². The van der Waals surface area contributed by atoms with Crippen molar-refractivity contribution in [3.8, 4) is 5.75 Å². The quantitative estimate of drug-likeness (QED) is 0.442. The zero-order valence-corrected chi connectivity index (χ0v) is 23.3. The van der Waals surface area contributed by atoms with Crippen LogP contribution in [0.3, 0.4) is 0 Å². The van der Waals surface area contributed by atoms with Crippen LogP contribution < -0.4 is 14.4 Å². The Hall–Kier alpha value is -3.14. The molecular weight excluding hydrogens is 497 g/mol. The highest BCUT2D eigenvalue weighted by Crippen LogP contribution is 2.23. The average molecular weight is 536 g/mol. The van der Waals surface area contributed by atoms with Crippen LogP contribution in [0.1, 0.15) is 52.5 Å². The van der Waals surface area contributed by atoms with Gasteiger partial charge in [-0.15, -0.1) is 0 Å². The van der Waals surface area contributed by atoms with Crippen molar-refractivity contribution in [2.75, 3.05) is 24.2 Å². The number of carbonyl (C=O) groups excluding carboxylic acids is 2. The van der Waals surface area contributed by atoms with Gasteiger partial charge < -0.3 is 15.0 Å². The van der Waals surface area contributed by atoms with Crippen LogP contribution in [0, 0.1) is 5.82 Å². The van der Waals surface area contributed by atoms with Crippen LogP contribution in [0.25, 0.3) is 0 Å². The molecule has 0 aliphatic heterocycles. The second-order valence-electron chi connectivity index (χ2n) is 9.92. The third-order valence-corrected chi connectivity index (χ3v) is 6.85. The molecule has 1 N–H and O–H groups in total. The Morgan fingerprint density at radius 2 is 1.70 bits per heavy atom. The molecule has 0 aromatic heterocycles. The molecule has 10 heteroatoms. The largest absolute Gasteiger partial charge is 0.497 e. The van der Waals surface area contributed by atoms with Crippen LogP contribution >= 0.6 is 0 Å². The molecule has 8 nitrogen and oxygen atoms in total. The Balaban J connectivity index is 2.25. The van der Waals surface area contributed by atoms with Crippen molar-refractivity contribution in [3.63, 3.8) is 0 Å². The minimum atomic E-state index is -3.78. The molecule has 37 heavy (non-hydrogen) atoms. The molecule has 0 aliphatic carbocycles. The van der Waals surface area contributed by atoms with E-state index in [9.17, 15) is 22.4 Å². The second-order valence-corrected chi connectivity index (χ2v) is 11.8. The normalized spacial score (nSPS) is 12.5. The zero-order chi connectivity index (χ0) is 27.8. The van der Waals surface area contributed by atoms with Gasteiger partial charge in [-0.2, -0.15) is 0 Å². The van der Waals surface area contributed by atoms with Crippen molar-refractivity contribution in [2.24, 2.45) is 0 Å². The molecule has 0 heterocycles. The van der Waals surface area contributed by atoms with Gasteiger partial charge in [0, 0.05) is 25.0 Å². The molecule has 2 rings (SSSR count). The number of methoxy groups -OCH3 is 1.